The molecule has 0 atom stereocenters. The van der Waals surface area contributed by atoms with E-state index in [4.69, 9.17) is 9.47 Å². The fourth-order valence-electron chi connectivity index (χ4n) is 2.58. The smallest absolute Gasteiger partial charge is 0.271 e. The lowest BCUT2D eigenvalue weighted by Crippen LogP contribution is -2.53. The summed E-state index contributed by atoms with van der Waals surface area (Å²) in [6, 6.07) is 4.74. The summed E-state index contributed by atoms with van der Waals surface area (Å²) in [7, 11) is 3.25. The van der Waals surface area contributed by atoms with Crippen LogP contribution in [0, 0.1) is 10.1 Å². The molecule has 0 unspecified atom stereocenters. The number of methoxy groups -OCH3 is 2. The highest BCUT2D eigenvalue weighted by Crippen LogP contribution is 2.37. The Labute approximate surface area is 120 Å². The van der Waals surface area contributed by atoms with Gasteiger partial charge in [-0.1, -0.05) is 0 Å². The number of aromatic amines is 1. The van der Waals surface area contributed by atoms with E-state index in [0.717, 1.165) is 12.8 Å². The summed E-state index contributed by atoms with van der Waals surface area (Å²) in [6.07, 6.45) is 1.44. The second kappa shape index (κ2) is 4.97. The third-order valence-corrected chi connectivity index (χ3v) is 3.88. The fourth-order valence-corrected chi connectivity index (χ4v) is 2.58. The van der Waals surface area contributed by atoms with E-state index in [1.54, 1.807) is 20.3 Å². The molecule has 3 rings (SSSR count). The van der Waals surface area contributed by atoms with Crippen molar-refractivity contribution >= 4 is 22.7 Å². The van der Waals surface area contributed by atoms with Gasteiger partial charge in [0.15, 0.2) is 5.79 Å². The third-order valence-electron chi connectivity index (χ3n) is 3.88. The molecule has 2 aromatic rings. The van der Waals surface area contributed by atoms with Crippen molar-refractivity contribution in [3.63, 3.8) is 0 Å². The zero-order valence-electron chi connectivity index (χ0n) is 11.8. The normalized spacial score (nSPS) is 17.6. The Balaban J connectivity index is 1.73. The largest absolute Gasteiger partial charge is 0.353 e. The number of benzene rings is 1. The van der Waals surface area contributed by atoms with E-state index in [2.05, 4.69) is 15.3 Å². The van der Waals surface area contributed by atoms with E-state index in [0.29, 0.717) is 17.0 Å². The molecule has 0 amide bonds. The average Bonchev–Trinajstić information content (AvgIpc) is 2.83. The van der Waals surface area contributed by atoms with E-state index in [-0.39, 0.29) is 11.7 Å². The second-order valence-electron chi connectivity index (χ2n) is 5.11. The van der Waals surface area contributed by atoms with Crippen molar-refractivity contribution < 1.29 is 14.4 Å². The molecule has 1 aromatic carbocycles. The van der Waals surface area contributed by atoms with Crippen LogP contribution in [0.15, 0.2) is 18.2 Å². The number of hydrogen-bond acceptors (Lipinski definition) is 6. The van der Waals surface area contributed by atoms with Crippen molar-refractivity contribution in [1.82, 2.24) is 9.97 Å². The number of anilines is 1. The molecule has 112 valence electrons. The molecular weight excluding hydrogens is 276 g/mol. The van der Waals surface area contributed by atoms with Crippen LogP contribution >= 0.6 is 0 Å². The van der Waals surface area contributed by atoms with Crippen LogP contribution in [0.25, 0.3) is 11.0 Å². The maximum Gasteiger partial charge on any atom is 0.271 e. The molecule has 0 spiro atoms. The number of non-ortho nitro benzene ring substituents is 1. The predicted molar refractivity (Wildman–Crippen MR) is 76.1 cm³/mol. The van der Waals surface area contributed by atoms with Crippen LogP contribution in [0.3, 0.4) is 0 Å². The summed E-state index contributed by atoms with van der Waals surface area (Å²) >= 11 is 0. The molecule has 1 saturated carbocycles. The van der Waals surface area contributed by atoms with Gasteiger partial charge in [-0.05, 0) is 6.07 Å². The average molecular weight is 292 g/mol. The number of nitrogens with zero attached hydrogens (tertiary/aromatic N) is 2. The van der Waals surface area contributed by atoms with E-state index in [1.165, 1.54) is 12.1 Å². The number of nitro groups is 1. The van der Waals surface area contributed by atoms with Crippen LogP contribution in [0.2, 0.25) is 0 Å². The molecule has 21 heavy (non-hydrogen) atoms. The highest BCUT2D eigenvalue weighted by molar-refractivity contribution is 5.79. The van der Waals surface area contributed by atoms with E-state index >= 15 is 0 Å². The molecule has 0 aliphatic heterocycles. The number of H-pyrrole nitrogens is 1. The van der Waals surface area contributed by atoms with Crippen LogP contribution in [0.4, 0.5) is 11.6 Å². The number of fused-ring (bicyclic) bond motifs is 1. The van der Waals surface area contributed by atoms with Gasteiger partial charge in [-0.2, -0.15) is 0 Å². The fraction of sp³-hybridized carbons (Fsp3) is 0.462. The molecule has 1 aliphatic rings. The molecule has 0 saturated heterocycles. The maximum absolute atomic E-state index is 10.8. The second-order valence-corrected chi connectivity index (χ2v) is 5.11. The summed E-state index contributed by atoms with van der Waals surface area (Å²) in [5.41, 5.74) is 1.36. The lowest BCUT2D eigenvalue weighted by molar-refractivity contribution is -0.384. The van der Waals surface area contributed by atoms with Crippen molar-refractivity contribution in [2.24, 2.45) is 0 Å². The lowest BCUT2D eigenvalue weighted by Gasteiger charge is -2.45. The van der Waals surface area contributed by atoms with Gasteiger partial charge in [-0.15, -0.1) is 0 Å². The first-order chi connectivity index (χ1) is 10.0. The summed E-state index contributed by atoms with van der Waals surface area (Å²) in [5, 5.41) is 14.0. The first-order valence-corrected chi connectivity index (χ1v) is 6.56. The van der Waals surface area contributed by atoms with Gasteiger partial charge in [0.1, 0.15) is 0 Å². The number of imidazole rings is 1. The number of nitro benzene ring substituents is 1. The first-order valence-electron chi connectivity index (χ1n) is 6.56. The van der Waals surface area contributed by atoms with E-state index in [9.17, 15) is 10.1 Å². The maximum atomic E-state index is 10.8. The Morgan fingerprint density at radius 3 is 2.76 bits per heavy atom. The summed E-state index contributed by atoms with van der Waals surface area (Å²) in [4.78, 5) is 17.7. The predicted octanol–water partition coefficient (Wildman–Crippen LogP) is 2.03. The van der Waals surface area contributed by atoms with Crippen molar-refractivity contribution in [3.8, 4) is 0 Å². The standard InChI is InChI=1S/C13H16N4O4/c1-20-13(21-2)6-8(7-13)14-12-15-10-4-3-9(17(18)19)5-11(10)16-12/h3-5,8H,6-7H2,1-2H3,(H2,14,15,16). The highest BCUT2D eigenvalue weighted by atomic mass is 16.7. The van der Waals surface area contributed by atoms with Gasteiger partial charge in [0, 0.05) is 45.2 Å². The third kappa shape index (κ3) is 2.43. The van der Waals surface area contributed by atoms with Crippen LogP contribution < -0.4 is 5.32 Å². The quantitative estimate of drug-likeness (QED) is 0.496. The Bertz CT molecular complexity index is 672. The molecular formula is C13H16N4O4. The van der Waals surface area contributed by atoms with Crippen LogP contribution in [0.5, 0.6) is 0 Å². The summed E-state index contributed by atoms with van der Waals surface area (Å²) in [5.74, 6) is 0.0824. The van der Waals surface area contributed by atoms with Crippen LogP contribution in [0.1, 0.15) is 12.8 Å². The molecule has 0 radical (unpaired) electrons. The monoisotopic (exact) mass is 292 g/mol. The molecule has 8 nitrogen and oxygen atoms in total. The van der Waals surface area contributed by atoms with Crippen molar-refractivity contribution in [3.05, 3.63) is 28.3 Å². The SMILES string of the molecule is COC1(OC)CC(Nc2nc3ccc([N+](=O)[O-])cc3[nH]2)C1. The Kier molecular flexibility index (Phi) is 3.26. The topological polar surface area (TPSA) is 102 Å². The summed E-state index contributed by atoms with van der Waals surface area (Å²) < 4.78 is 10.6. The van der Waals surface area contributed by atoms with Gasteiger partial charge in [0.2, 0.25) is 5.95 Å². The van der Waals surface area contributed by atoms with Crippen molar-refractivity contribution in [2.75, 3.05) is 19.5 Å². The molecule has 2 N–H and O–H groups in total. The molecule has 1 heterocycles. The molecule has 0 bridgehead atoms. The number of ether oxygens (including phenoxy) is 2. The van der Waals surface area contributed by atoms with Crippen LogP contribution in [-0.2, 0) is 9.47 Å². The molecule has 8 heteroatoms. The Morgan fingerprint density at radius 1 is 1.43 bits per heavy atom. The zero-order chi connectivity index (χ0) is 15.0. The minimum Gasteiger partial charge on any atom is -0.353 e. The van der Waals surface area contributed by atoms with Crippen molar-refractivity contribution in [1.29, 1.82) is 0 Å². The molecule has 1 aromatic heterocycles. The Hall–Kier alpha value is -2.19. The number of rotatable bonds is 5. The van der Waals surface area contributed by atoms with Gasteiger partial charge in [-0.25, -0.2) is 4.98 Å². The van der Waals surface area contributed by atoms with E-state index in [1.807, 2.05) is 0 Å². The Morgan fingerprint density at radius 2 is 2.14 bits per heavy atom. The minimum atomic E-state index is -0.511. The van der Waals surface area contributed by atoms with Crippen LogP contribution in [-0.4, -0.2) is 40.9 Å². The molecule has 1 aliphatic carbocycles. The number of nitrogens with one attached hydrogen (secondary N) is 2. The molecule has 1 fully saturated rings. The zero-order valence-corrected chi connectivity index (χ0v) is 11.8. The first kappa shape index (κ1) is 13.8. The minimum absolute atomic E-state index is 0.0409. The van der Waals surface area contributed by atoms with Gasteiger partial charge < -0.3 is 19.8 Å². The highest BCUT2D eigenvalue weighted by Gasteiger charge is 2.45. The van der Waals surface area contributed by atoms with Gasteiger partial charge in [0.05, 0.1) is 16.0 Å². The number of hydrogen-bond donors (Lipinski definition) is 2. The van der Waals surface area contributed by atoms with E-state index < -0.39 is 10.7 Å². The van der Waals surface area contributed by atoms with Gasteiger partial charge >= 0.3 is 0 Å². The summed E-state index contributed by atoms with van der Waals surface area (Å²) in [6.45, 7) is 0. The van der Waals surface area contributed by atoms with Gasteiger partial charge in [-0.3, -0.25) is 10.1 Å². The van der Waals surface area contributed by atoms with Gasteiger partial charge in [0.25, 0.3) is 5.69 Å². The van der Waals surface area contributed by atoms with Crippen molar-refractivity contribution in [2.45, 2.75) is 24.7 Å². The number of aromatic nitrogens is 2. The lowest BCUT2D eigenvalue weighted by atomic mass is 9.85.